The summed E-state index contributed by atoms with van der Waals surface area (Å²) in [5.74, 6) is 5.99. The molecule has 0 aromatic carbocycles. The van der Waals surface area contributed by atoms with Gasteiger partial charge in [-0.3, -0.25) is 0 Å². The fraction of sp³-hybridized carbons (Fsp3) is 1.00. The van der Waals surface area contributed by atoms with Crippen molar-refractivity contribution in [3.8, 4) is 0 Å². The predicted octanol–water partition coefficient (Wildman–Crippen LogP) is 5.81. The first-order valence-electron chi connectivity index (χ1n) is 7.48. The lowest BCUT2D eigenvalue weighted by Crippen LogP contribution is -2.29. The van der Waals surface area contributed by atoms with E-state index in [-0.39, 0.29) is 0 Å². The van der Waals surface area contributed by atoms with Gasteiger partial charge in [0.15, 0.2) is 0 Å². The molecule has 0 rings (SSSR count). The van der Waals surface area contributed by atoms with Crippen molar-refractivity contribution >= 4 is 23.5 Å². The van der Waals surface area contributed by atoms with E-state index in [1.165, 1.54) is 11.5 Å². The summed E-state index contributed by atoms with van der Waals surface area (Å²) in [7, 11) is 0. The lowest BCUT2D eigenvalue weighted by molar-refractivity contribution is 0.244. The third kappa shape index (κ3) is 7.99. The molecule has 0 fully saturated rings. The minimum absolute atomic E-state index is 0.761. The van der Waals surface area contributed by atoms with Gasteiger partial charge in [-0.15, -0.1) is 0 Å². The number of hydrogen-bond acceptors (Lipinski definition) is 2. The van der Waals surface area contributed by atoms with Gasteiger partial charge in [-0.05, 0) is 45.7 Å². The van der Waals surface area contributed by atoms with Crippen LogP contribution >= 0.6 is 23.5 Å². The van der Waals surface area contributed by atoms with E-state index in [2.05, 4.69) is 78.9 Å². The minimum Gasteiger partial charge on any atom is -0.159 e. The zero-order chi connectivity index (χ0) is 14.3. The molecule has 18 heavy (non-hydrogen) atoms. The molecule has 0 heterocycles. The fourth-order valence-corrected chi connectivity index (χ4v) is 4.71. The molecule has 2 heteroatoms. The minimum atomic E-state index is 0.761. The van der Waals surface area contributed by atoms with Crippen LogP contribution in [0.1, 0.15) is 55.4 Å². The molecule has 0 saturated carbocycles. The summed E-state index contributed by atoms with van der Waals surface area (Å²) >= 11 is 4.28. The summed E-state index contributed by atoms with van der Waals surface area (Å²) in [6.45, 7) is 18.9. The monoisotopic (exact) mass is 290 g/mol. The molecule has 0 saturated heterocycles. The summed E-state index contributed by atoms with van der Waals surface area (Å²) in [5.41, 5.74) is 0. The topological polar surface area (TPSA) is 0 Å². The van der Waals surface area contributed by atoms with Crippen LogP contribution in [-0.2, 0) is 0 Å². The largest absolute Gasteiger partial charge is 0.159 e. The highest BCUT2D eigenvalue weighted by atomic mass is 32.2. The van der Waals surface area contributed by atoms with Crippen molar-refractivity contribution in [2.45, 2.75) is 65.9 Å². The van der Waals surface area contributed by atoms with Crippen molar-refractivity contribution in [2.75, 3.05) is 11.5 Å². The number of rotatable bonds is 9. The van der Waals surface area contributed by atoms with E-state index in [1.807, 2.05) is 0 Å². The molecule has 0 spiro atoms. The first-order chi connectivity index (χ1) is 8.25. The van der Waals surface area contributed by atoms with Crippen molar-refractivity contribution in [1.29, 1.82) is 0 Å². The van der Waals surface area contributed by atoms with E-state index in [0.29, 0.717) is 0 Å². The van der Waals surface area contributed by atoms with Crippen molar-refractivity contribution in [3.63, 3.8) is 0 Å². The van der Waals surface area contributed by atoms with Crippen molar-refractivity contribution in [1.82, 2.24) is 0 Å². The third-order valence-corrected chi connectivity index (χ3v) is 5.99. The molecule has 0 aliphatic heterocycles. The molecule has 0 bridgehead atoms. The molecule has 0 amide bonds. The Kier molecular flexibility index (Phi) is 9.95. The Morgan fingerprint density at radius 2 is 0.833 bits per heavy atom. The summed E-state index contributed by atoms with van der Waals surface area (Å²) in [4.78, 5) is 0. The molecule has 0 aliphatic rings. The van der Waals surface area contributed by atoms with E-state index in [9.17, 15) is 0 Å². The van der Waals surface area contributed by atoms with Crippen molar-refractivity contribution in [3.05, 3.63) is 0 Å². The zero-order valence-corrected chi connectivity index (χ0v) is 15.3. The second kappa shape index (κ2) is 9.58. The van der Waals surface area contributed by atoms with Crippen LogP contribution in [0.25, 0.3) is 0 Å². The van der Waals surface area contributed by atoms with Gasteiger partial charge in [0, 0.05) is 0 Å². The van der Waals surface area contributed by atoms with Crippen LogP contribution in [-0.4, -0.2) is 22.0 Å². The Morgan fingerprint density at radius 1 is 0.556 bits per heavy atom. The standard InChI is InChI=1S/C16H34S2/c1-11(2)15(9-17-13(5)6)16(12(3)4)10-18-14(7)8/h11-16H,9-10H2,1-8H3. The second-order valence-electron chi connectivity index (χ2n) is 6.58. The number of thioether (sulfide) groups is 2. The van der Waals surface area contributed by atoms with E-state index >= 15 is 0 Å². The van der Waals surface area contributed by atoms with E-state index < -0.39 is 0 Å². The maximum Gasteiger partial charge on any atom is -0.000958 e. The van der Waals surface area contributed by atoms with Crippen LogP contribution in [0.5, 0.6) is 0 Å². The van der Waals surface area contributed by atoms with Gasteiger partial charge in [0.2, 0.25) is 0 Å². The average molecular weight is 291 g/mol. The molecule has 2 unspecified atom stereocenters. The summed E-state index contributed by atoms with van der Waals surface area (Å²) in [5, 5.41) is 1.52. The third-order valence-electron chi connectivity index (χ3n) is 3.51. The molecular formula is C16H34S2. The van der Waals surface area contributed by atoms with Gasteiger partial charge in [-0.1, -0.05) is 55.4 Å². The van der Waals surface area contributed by atoms with Gasteiger partial charge in [0.1, 0.15) is 0 Å². The highest BCUT2D eigenvalue weighted by molar-refractivity contribution is 8.00. The van der Waals surface area contributed by atoms with Crippen LogP contribution < -0.4 is 0 Å². The molecular weight excluding hydrogens is 256 g/mol. The zero-order valence-electron chi connectivity index (χ0n) is 13.7. The average Bonchev–Trinajstić information content (AvgIpc) is 2.20. The Balaban J connectivity index is 4.55. The van der Waals surface area contributed by atoms with E-state index in [1.54, 1.807) is 0 Å². The molecule has 0 N–H and O–H groups in total. The normalized spacial score (nSPS) is 16.0. The van der Waals surface area contributed by atoms with Gasteiger partial charge < -0.3 is 0 Å². The Bertz CT molecular complexity index is 175. The highest BCUT2D eigenvalue weighted by Gasteiger charge is 2.27. The van der Waals surface area contributed by atoms with Crippen LogP contribution in [0.3, 0.4) is 0 Å². The number of hydrogen-bond donors (Lipinski definition) is 0. The molecule has 0 aliphatic carbocycles. The summed E-state index contributed by atoms with van der Waals surface area (Å²) in [6, 6.07) is 0. The molecule has 0 radical (unpaired) electrons. The first-order valence-corrected chi connectivity index (χ1v) is 9.58. The van der Waals surface area contributed by atoms with Gasteiger partial charge in [0.25, 0.3) is 0 Å². The molecule has 2 atom stereocenters. The van der Waals surface area contributed by atoms with Gasteiger partial charge in [-0.2, -0.15) is 23.5 Å². The Hall–Kier alpha value is 0.700. The van der Waals surface area contributed by atoms with Crippen LogP contribution in [0.2, 0.25) is 0 Å². The van der Waals surface area contributed by atoms with Gasteiger partial charge in [0.05, 0.1) is 0 Å². The van der Waals surface area contributed by atoms with Crippen molar-refractivity contribution < 1.29 is 0 Å². The van der Waals surface area contributed by atoms with Crippen LogP contribution in [0.4, 0.5) is 0 Å². The van der Waals surface area contributed by atoms with E-state index in [0.717, 1.165) is 34.2 Å². The molecule has 0 nitrogen and oxygen atoms in total. The SMILES string of the molecule is CC(C)SCC(C(C)C)C(CSC(C)C)C(C)C. The highest BCUT2D eigenvalue weighted by Crippen LogP contribution is 2.34. The van der Waals surface area contributed by atoms with Crippen LogP contribution in [0.15, 0.2) is 0 Å². The molecule has 110 valence electrons. The quantitative estimate of drug-likeness (QED) is 0.525. The summed E-state index contributed by atoms with van der Waals surface area (Å²) in [6.07, 6.45) is 0. The predicted molar refractivity (Wildman–Crippen MR) is 91.8 cm³/mol. The van der Waals surface area contributed by atoms with Crippen molar-refractivity contribution in [2.24, 2.45) is 23.7 Å². The molecule has 0 aromatic heterocycles. The van der Waals surface area contributed by atoms with Gasteiger partial charge in [-0.25, -0.2) is 0 Å². The summed E-state index contributed by atoms with van der Waals surface area (Å²) < 4.78 is 0. The Morgan fingerprint density at radius 3 is 1.00 bits per heavy atom. The van der Waals surface area contributed by atoms with E-state index in [4.69, 9.17) is 0 Å². The first kappa shape index (κ1) is 18.7. The van der Waals surface area contributed by atoms with Gasteiger partial charge >= 0.3 is 0 Å². The fourth-order valence-electron chi connectivity index (χ4n) is 2.23. The molecule has 0 aromatic rings. The Labute approximate surface area is 124 Å². The lowest BCUT2D eigenvalue weighted by Gasteiger charge is -2.33. The lowest BCUT2D eigenvalue weighted by atomic mass is 9.79. The maximum absolute atomic E-state index is 2.40. The smallest absolute Gasteiger partial charge is 0.000958 e. The second-order valence-corrected chi connectivity index (χ2v) is 9.80. The maximum atomic E-state index is 2.40. The van der Waals surface area contributed by atoms with Crippen LogP contribution in [0, 0.1) is 23.7 Å².